The summed E-state index contributed by atoms with van der Waals surface area (Å²) in [6.07, 6.45) is 2.21. The fourth-order valence-corrected chi connectivity index (χ4v) is 2.03. The summed E-state index contributed by atoms with van der Waals surface area (Å²) in [4.78, 5) is 6.56. The minimum Gasteiger partial charge on any atom is -0.326 e. The Kier molecular flexibility index (Phi) is 4.70. The molecule has 1 rings (SSSR count). The van der Waals surface area contributed by atoms with Crippen molar-refractivity contribution in [3.05, 3.63) is 16.6 Å². The van der Waals surface area contributed by atoms with Crippen molar-refractivity contribution in [3.63, 3.8) is 0 Å². The Balaban J connectivity index is 2.17. The highest BCUT2D eigenvalue weighted by atomic mass is 32.1. The number of hydrogen-bond donors (Lipinski definition) is 1. The monoisotopic (exact) mass is 227 g/mol. The molecule has 0 aliphatic carbocycles. The zero-order valence-electron chi connectivity index (χ0n) is 9.86. The second-order valence-electron chi connectivity index (χ2n) is 4.81. The second-order valence-corrected chi connectivity index (χ2v) is 5.53. The van der Waals surface area contributed by atoms with E-state index >= 15 is 0 Å². The average molecular weight is 227 g/mol. The van der Waals surface area contributed by atoms with Crippen molar-refractivity contribution in [2.24, 2.45) is 5.73 Å². The van der Waals surface area contributed by atoms with Crippen molar-refractivity contribution in [3.8, 4) is 0 Å². The lowest BCUT2D eigenvalue weighted by atomic mass is 10.0. The first-order chi connectivity index (χ1) is 6.97. The fraction of sp³-hybridized carbons (Fsp3) is 0.727. The molecule has 15 heavy (non-hydrogen) atoms. The standard InChI is InChI=1S/C11H21N3S/c1-11(2,12)5-4-6-14(3)7-10-8-15-9-13-10/h8-9H,4-7,12H2,1-3H3. The van der Waals surface area contributed by atoms with E-state index in [1.807, 2.05) is 5.51 Å². The van der Waals surface area contributed by atoms with E-state index in [1.54, 1.807) is 11.3 Å². The smallest absolute Gasteiger partial charge is 0.0795 e. The summed E-state index contributed by atoms with van der Waals surface area (Å²) in [5.74, 6) is 0. The van der Waals surface area contributed by atoms with E-state index in [9.17, 15) is 0 Å². The van der Waals surface area contributed by atoms with Crippen LogP contribution >= 0.6 is 11.3 Å². The molecule has 2 N–H and O–H groups in total. The maximum atomic E-state index is 5.93. The Hall–Kier alpha value is -0.450. The van der Waals surface area contributed by atoms with Gasteiger partial charge in [-0.05, 0) is 40.3 Å². The predicted molar refractivity (Wildman–Crippen MR) is 65.9 cm³/mol. The summed E-state index contributed by atoms with van der Waals surface area (Å²) in [7, 11) is 2.13. The third-order valence-corrected chi connectivity index (χ3v) is 2.91. The maximum absolute atomic E-state index is 5.93. The topological polar surface area (TPSA) is 42.1 Å². The molecule has 1 aromatic heterocycles. The predicted octanol–water partition coefficient (Wildman–Crippen LogP) is 2.09. The van der Waals surface area contributed by atoms with Gasteiger partial charge in [-0.25, -0.2) is 4.98 Å². The largest absolute Gasteiger partial charge is 0.326 e. The Labute approximate surface area is 96.3 Å². The summed E-state index contributed by atoms with van der Waals surface area (Å²) in [5.41, 5.74) is 8.93. The van der Waals surface area contributed by atoms with E-state index in [1.165, 1.54) is 0 Å². The van der Waals surface area contributed by atoms with Gasteiger partial charge in [-0.3, -0.25) is 0 Å². The van der Waals surface area contributed by atoms with Gasteiger partial charge < -0.3 is 10.6 Å². The Morgan fingerprint density at radius 1 is 1.53 bits per heavy atom. The molecule has 1 aromatic rings. The number of nitrogens with zero attached hydrogens (tertiary/aromatic N) is 2. The van der Waals surface area contributed by atoms with E-state index in [4.69, 9.17) is 5.73 Å². The van der Waals surface area contributed by atoms with Crippen molar-refractivity contribution >= 4 is 11.3 Å². The summed E-state index contributed by atoms with van der Waals surface area (Å²) >= 11 is 1.65. The van der Waals surface area contributed by atoms with Gasteiger partial charge in [-0.1, -0.05) is 0 Å². The van der Waals surface area contributed by atoms with Crippen molar-refractivity contribution < 1.29 is 0 Å². The first-order valence-electron chi connectivity index (χ1n) is 5.32. The Morgan fingerprint density at radius 2 is 2.27 bits per heavy atom. The molecule has 86 valence electrons. The minimum absolute atomic E-state index is 0.0402. The van der Waals surface area contributed by atoms with Crippen LogP contribution in [0.3, 0.4) is 0 Å². The van der Waals surface area contributed by atoms with Gasteiger partial charge in [0.2, 0.25) is 0 Å². The van der Waals surface area contributed by atoms with Gasteiger partial charge in [0.15, 0.2) is 0 Å². The van der Waals surface area contributed by atoms with Gasteiger partial charge >= 0.3 is 0 Å². The number of rotatable bonds is 6. The van der Waals surface area contributed by atoms with Gasteiger partial charge in [-0.2, -0.15) is 0 Å². The average Bonchev–Trinajstić information content (AvgIpc) is 2.54. The SMILES string of the molecule is CN(CCCC(C)(C)N)Cc1cscn1. The number of nitrogens with two attached hydrogens (primary N) is 1. The molecule has 0 fully saturated rings. The van der Waals surface area contributed by atoms with Crippen LogP contribution in [0.4, 0.5) is 0 Å². The lowest BCUT2D eigenvalue weighted by Crippen LogP contribution is -2.33. The molecule has 0 aliphatic heterocycles. The molecule has 0 saturated heterocycles. The zero-order valence-corrected chi connectivity index (χ0v) is 10.7. The molecule has 1 heterocycles. The summed E-state index contributed by atoms with van der Waals surface area (Å²) in [5, 5.41) is 2.10. The molecule has 0 spiro atoms. The molecule has 0 saturated carbocycles. The van der Waals surface area contributed by atoms with Crippen molar-refractivity contribution in [1.82, 2.24) is 9.88 Å². The molecular formula is C11H21N3S. The van der Waals surface area contributed by atoms with Crippen molar-refractivity contribution in [1.29, 1.82) is 0 Å². The summed E-state index contributed by atoms with van der Waals surface area (Å²) < 4.78 is 0. The molecule has 0 aromatic carbocycles. The number of hydrogen-bond acceptors (Lipinski definition) is 4. The van der Waals surface area contributed by atoms with E-state index in [2.05, 4.69) is 36.2 Å². The van der Waals surface area contributed by atoms with Gasteiger partial charge in [-0.15, -0.1) is 11.3 Å². The number of aromatic nitrogens is 1. The summed E-state index contributed by atoms with van der Waals surface area (Å²) in [6.45, 7) is 6.17. The van der Waals surface area contributed by atoms with Gasteiger partial charge in [0.05, 0.1) is 11.2 Å². The fourth-order valence-electron chi connectivity index (χ4n) is 1.48. The van der Waals surface area contributed by atoms with Crippen LogP contribution in [0.2, 0.25) is 0 Å². The van der Waals surface area contributed by atoms with Crippen molar-refractivity contribution in [2.75, 3.05) is 13.6 Å². The molecule has 0 amide bonds. The van der Waals surface area contributed by atoms with Gasteiger partial charge in [0.25, 0.3) is 0 Å². The maximum Gasteiger partial charge on any atom is 0.0795 e. The molecule has 0 bridgehead atoms. The normalized spacial score (nSPS) is 12.3. The third kappa shape index (κ3) is 5.87. The molecule has 0 atom stereocenters. The van der Waals surface area contributed by atoms with Crippen LogP contribution < -0.4 is 5.73 Å². The first kappa shape index (κ1) is 12.6. The van der Waals surface area contributed by atoms with E-state index in [-0.39, 0.29) is 5.54 Å². The van der Waals surface area contributed by atoms with Gasteiger partial charge in [0.1, 0.15) is 0 Å². The Morgan fingerprint density at radius 3 is 2.80 bits per heavy atom. The highest BCUT2D eigenvalue weighted by Gasteiger charge is 2.10. The number of thiazole rings is 1. The van der Waals surface area contributed by atoms with E-state index in [0.717, 1.165) is 31.6 Å². The molecule has 0 radical (unpaired) electrons. The molecule has 3 nitrogen and oxygen atoms in total. The van der Waals surface area contributed by atoms with Gasteiger partial charge in [0, 0.05) is 17.5 Å². The zero-order chi connectivity index (χ0) is 11.3. The molecule has 0 unspecified atom stereocenters. The van der Waals surface area contributed by atoms with Crippen molar-refractivity contribution in [2.45, 2.75) is 38.8 Å². The van der Waals surface area contributed by atoms with Crippen LogP contribution in [0.5, 0.6) is 0 Å². The van der Waals surface area contributed by atoms with Crippen LogP contribution in [-0.2, 0) is 6.54 Å². The molecular weight excluding hydrogens is 206 g/mol. The van der Waals surface area contributed by atoms with Crippen LogP contribution in [0.15, 0.2) is 10.9 Å². The van der Waals surface area contributed by atoms with Crippen LogP contribution in [-0.4, -0.2) is 29.0 Å². The van der Waals surface area contributed by atoms with E-state index in [0.29, 0.717) is 0 Å². The molecule has 0 aliphatic rings. The first-order valence-corrected chi connectivity index (χ1v) is 6.26. The highest BCUT2D eigenvalue weighted by Crippen LogP contribution is 2.09. The minimum atomic E-state index is -0.0402. The Bertz CT molecular complexity index is 264. The summed E-state index contributed by atoms with van der Waals surface area (Å²) in [6, 6.07) is 0. The van der Waals surface area contributed by atoms with Crippen LogP contribution in [0, 0.1) is 0 Å². The quantitative estimate of drug-likeness (QED) is 0.809. The third-order valence-electron chi connectivity index (χ3n) is 2.28. The lowest BCUT2D eigenvalue weighted by Gasteiger charge is -2.21. The van der Waals surface area contributed by atoms with Crippen LogP contribution in [0.25, 0.3) is 0 Å². The highest BCUT2D eigenvalue weighted by molar-refractivity contribution is 7.07. The van der Waals surface area contributed by atoms with Crippen LogP contribution in [0.1, 0.15) is 32.4 Å². The second kappa shape index (κ2) is 5.58. The van der Waals surface area contributed by atoms with E-state index < -0.39 is 0 Å². The molecule has 4 heteroatoms. The lowest BCUT2D eigenvalue weighted by molar-refractivity contribution is 0.300.